The highest BCUT2D eigenvalue weighted by molar-refractivity contribution is 5.87. The first kappa shape index (κ1) is 18.1. The topological polar surface area (TPSA) is 50.7 Å². The van der Waals surface area contributed by atoms with E-state index in [1.165, 1.54) is 25.0 Å². The predicted octanol–water partition coefficient (Wildman–Crippen LogP) is 4.19. The third-order valence-corrected chi connectivity index (χ3v) is 9.65. The summed E-state index contributed by atoms with van der Waals surface area (Å²) in [6.07, 6.45) is 9.47. The molecule has 5 rings (SSSR count). The number of carbonyl (C=O) groups is 1. The number of ketones is 1. The van der Waals surface area contributed by atoms with Crippen LogP contribution in [-0.4, -0.2) is 30.7 Å². The Labute approximate surface area is 163 Å². The minimum Gasteiger partial charge on any atom is -0.390 e. The van der Waals surface area contributed by atoms with Crippen LogP contribution in [0.5, 0.6) is 0 Å². The number of Topliss-reactive ketones (excluding diaryl/α,β-unsaturated/α-hetero) is 1. The molecule has 5 fully saturated rings. The minimum atomic E-state index is -0.00395. The number of rotatable bonds is 2. The van der Waals surface area contributed by atoms with Gasteiger partial charge in [0.2, 0.25) is 0 Å². The zero-order chi connectivity index (χ0) is 18.8. The van der Waals surface area contributed by atoms with Crippen molar-refractivity contribution in [1.82, 2.24) is 5.32 Å². The first-order chi connectivity index (χ1) is 12.9. The normalized spacial score (nSPS) is 51.3. The molecule has 4 nitrogen and oxygen atoms in total. The Bertz CT molecular complexity index is 657. The van der Waals surface area contributed by atoms with Crippen molar-refractivity contribution >= 4 is 11.5 Å². The Morgan fingerprint density at radius 2 is 1.89 bits per heavy atom. The lowest BCUT2D eigenvalue weighted by Gasteiger charge is -2.61. The molecule has 4 saturated carbocycles. The van der Waals surface area contributed by atoms with Gasteiger partial charge < -0.3 is 10.2 Å². The largest absolute Gasteiger partial charge is 0.390 e. The Morgan fingerprint density at radius 3 is 2.63 bits per heavy atom. The predicted molar refractivity (Wildman–Crippen MR) is 106 cm³/mol. The van der Waals surface area contributed by atoms with Crippen LogP contribution in [0.3, 0.4) is 0 Å². The number of hydrogen-bond acceptors (Lipinski definition) is 4. The SMILES string of the molecule is C[C@H]1C[C@@H]2[C@H](CC[C@]3(C)C(=O)CC[C@@H]23)[C@@]2(C)CC/C(=N\OC3CNC3)CC12. The molecule has 7 atom stereocenters. The van der Waals surface area contributed by atoms with E-state index in [0.29, 0.717) is 17.1 Å². The number of oxime groups is 1. The summed E-state index contributed by atoms with van der Waals surface area (Å²) in [7, 11) is 0. The summed E-state index contributed by atoms with van der Waals surface area (Å²) in [4.78, 5) is 18.4. The van der Waals surface area contributed by atoms with E-state index in [2.05, 4.69) is 31.2 Å². The maximum Gasteiger partial charge on any atom is 0.152 e. The molecule has 0 amide bonds. The molecule has 4 heteroatoms. The Kier molecular flexibility index (Phi) is 4.24. The molecule has 0 aromatic rings. The minimum absolute atomic E-state index is 0.00395. The van der Waals surface area contributed by atoms with E-state index in [9.17, 15) is 4.79 Å². The highest BCUT2D eigenvalue weighted by atomic mass is 16.6. The number of fused-ring (bicyclic) bond motifs is 5. The monoisotopic (exact) mass is 372 g/mol. The van der Waals surface area contributed by atoms with Crippen LogP contribution in [0.2, 0.25) is 0 Å². The van der Waals surface area contributed by atoms with E-state index in [1.807, 2.05) is 0 Å². The van der Waals surface area contributed by atoms with Crippen molar-refractivity contribution in [2.45, 2.75) is 78.2 Å². The van der Waals surface area contributed by atoms with Crippen LogP contribution in [0.1, 0.15) is 72.1 Å². The molecule has 0 spiro atoms. The lowest BCUT2D eigenvalue weighted by atomic mass is 9.43. The molecule has 150 valence electrons. The molecule has 0 aromatic carbocycles. The summed E-state index contributed by atoms with van der Waals surface area (Å²) in [5.41, 5.74) is 1.72. The molecule has 1 aliphatic heterocycles. The molecular formula is C23H36N2O2. The third-order valence-electron chi connectivity index (χ3n) is 9.65. The van der Waals surface area contributed by atoms with Crippen molar-refractivity contribution in [2.24, 2.45) is 45.6 Å². The number of carbonyl (C=O) groups excluding carboxylic acids is 1. The van der Waals surface area contributed by atoms with Crippen molar-refractivity contribution in [1.29, 1.82) is 0 Å². The zero-order valence-electron chi connectivity index (χ0n) is 17.3. The fraction of sp³-hybridized carbons (Fsp3) is 0.913. The molecule has 1 saturated heterocycles. The highest BCUT2D eigenvalue weighted by Gasteiger charge is 2.61. The fourth-order valence-corrected chi connectivity index (χ4v) is 7.87. The molecule has 1 unspecified atom stereocenters. The molecule has 5 aliphatic rings. The van der Waals surface area contributed by atoms with Crippen molar-refractivity contribution in [3.05, 3.63) is 0 Å². The van der Waals surface area contributed by atoms with E-state index < -0.39 is 0 Å². The summed E-state index contributed by atoms with van der Waals surface area (Å²) < 4.78 is 0. The maximum absolute atomic E-state index is 12.6. The second-order valence-corrected chi connectivity index (χ2v) is 10.9. The Morgan fingerprint density at radius 1 is 1.07 bits per heavy atom. The first-order valence-electron chi connectivity index (χ1n) is 11.4. The first-order valence-corrected chi connectivity index (χ1v) is 11.4. The van der Waals surface area contributed by atoms with Gasteiger partial charge in [0.05, 0.1) is 5.71 Å². The quantitative estimate of drug-likeness (QED) is 0.740. The molecule has 1 N–H and O–H groups in total. The van der Waals surface area contributed by atoms with Crippen molar-refractivity contribution in [3.8, 4) is 0 Å². The highest BCUT2D eigenvalue weighted by Crippen LogP contribution is 2.66. The van der Waals surface area contributed by atoms with Gasteiger partial charge in [0, 0.05) is 24.9 Å². The van der Waals surface area contributed by atoms with Gasteiger partial charge in [-0.3, -0.25) is 4.79 Å². The number of hydrogen-bond donors (Lipinski definition) is 1. The third kappa shape index (κ3) is 2.65. The Hall–Kier alpha value is -0.900. The average molecular weight is 373 g/mol. The van der Waals surface area contributed by atoms with Crippen LogP contribution < -0.4 is 5.32 Å². The lowest BCUT2D eigenvalue weighted by molar-refractivity contribution is -0.141. The van der Waals surface area contributed by atoms with Crippen molar-refractivity contribution < 1.29 is 9.63 Å². The Balaban J connectivity index is 1.36. The van der Waals surface area contributed by atoms with Gasteiger partial charge in [-0.2, -0.15) is 0 Å². The average Bonchev–Trinajstić information content (AvgIpc) is 2.90. The van der Waals surface area contributed by atoms with E-state index in [-0.39, 0.29) is 11.5 Å². The van der Waals surface area contributed by atoms with Crippen LogP contribution in [0.4, 0.5) is 0 Å². The summed E-state index contributed by atoms with van der Waals surface area (Å²) in [5.74, 6) is 4.24. The van der Waals surface area contributed by atoms with Gasteiger partial charge in [0.1, 0.15) is 5.78 Å². The molecule has 0 bridgehead atoms. The molecule has 27 heavy (non-hydrogen) atoms. The van der Waals surface area contributed by atoms with E-state index in [4.69, 9.17) is 4.84 Å². The van der Waals surface area contributed by atoms with Gasteiger partial charge in [-0.15, -0.1) is 0 Å². The smallest absolute Gasteiger partial charge is 0.152 e. The summed E-state index contributed by atoms with van der Waals surface area (Å²) in [6, 6.07) is 0. The summed E-state index contributed by atoms with van der Waals surface area (Å²) >= 11 is 0. The van der Waals surface area contributed by atoms with Gasteiger partial charge in [-0.05, 0) is 80.0 Å². The van der Waals surface area contributed by atoms with Crippen molar-refractivity contribution in [3.63, 3.8) is 0 Å². The zero-order valence-corrected chi connectivity index (χ0v) is 17.3. The van der Waals surface area contributed by atoms with Crippen LogP contribution in [0, 0.1) is 40.4 Å². The van der Waals surface area contributed by atoms with Gasteiger partial charge in [0.25, 0.3) is 0 Å². The molecule has 4 aliphatic carbocycles. The molecular weight excluding hydrogens is 336 g/mol. The fourth-order valence-electron chi connectivity index (χ4n) is 7.87. The summed E-state index contributed by atoms with van der Waals surface area (Å²) in [5, 5.41) is 7.82. The van der Waals surface area contributed by atoms with Crippen LogP contribution in [0.25, 0.3) is 0 Å². The van der Waals surface area contributed by atoms with Crippen LogP contribution >= 0.6 is 0 Å². The second kappa shape index (κ2) is 6.30. The van der Waals surface area contributed by atoms with Gasteiger partial charge in [-0.25, -0.2) is 0 Å². The number of nitrogens with one attached hydrogen (secondary N) is 1. The molecule has 1 heterocycles. The van der Waals surface area contributed by atoms with E-state index in [1.54, 1.807) is 0 Å². The van der Waals surface area contributed by atoms with Gasteiger partial charge in [-0.1, -0.05) is 25.9 Å². The second-order valence-electron chi connectivity index (χ2n) is 10.9. The lowest BCUT2D eigenvalue weighted by Crippen LogP contribution is -2.56. The summed E-state index contributed by atoms with van der Waals surface area (Å²) in [6.45, 7) is 9.23. The standard InChI is InChI=1S/C23H36N2O2/c1-14-10-17-18-4-5-21(26)23(18,3)9-7-19(17)22(2)8-6-15(11-20(14)22)25-27-16-12-24-13-16/h14,16-20,24H,4-13H2,1-3H3/b25-15+/t14-,17-,18-,19-,20?,22+,23-/m0/s1. The van der Waals surface area contributed by atoms with E-state index >= 15 is 0 Å². The van der Waals surface area contributed by atoms with Crippen LogP contribution in [-0.2, 0) is 9.63 Å². The van der Waals surface area contributed by atoms with E-state index in [0.717, 1.165) is 68.9 Å². The maximum atomic E-state index is 12.6. The van der Waals surface area contributed by atoms with Crippen molar-refractivity contribution in [2.75, 3.05) is 13.1 Å². The van der Waals surface area contributed by atoms with Crippen LogP contribution in [0.15, 0.2) is 5.16 Å². The van der Waals surface area contributed by atoms with Gasteiger partial charge in [0.15, 0.2) is 6.10 Å². The number of nitrogens with zero attached hydrogens (tertiary/aromatic N) is 1. The molecule has 0 radical (unpaired) electrons. The molecule has 0 aromatic heterocycles. The van der Waals surface area contributed by atoms with Gasteiger partial charge >= 0.3 is 0 Å².